The molecule has 3 N–H and O–H groups in total. The lowest BCUT2D eigenvalue weighted by Crippen LogP contribution is -2.27. The second-order valence-electron chi connectivity index (χ2n) is 7.58. The number of pyridine rings is 1. The van der Waals surface area contributed by atoms with E-state index in [1.165, 1.54) is 19.4 Å². The first-order valence-electron chi connectivity index (χ1n) is 10.3. The number of methoxy groups -OCH3 is 1. The number of rotatable bonds is 8. The summed E-state index contributed by atoms with van der Waals surface area (Å²) >= 11 is 0. The average Bonchev–Trinajstić information content (AvgIpc) is 3.18. The van der Waals surface area contributed by atoms with Crippen molar-refractivity contribution in [3.63, 3.8) is 0 Å². The number of benzene rings is 1. The predicted molar refractivity (Wildman–Crippen MR) is 130 cm³/mol. The Kier molecular flexibility index (Phi) is 6.24. The van der Waals surface area contributed by atoms with Gasteiger partial charge in [0.1, 0.15) is 23.0 Å². The zero-order chi connectivity index (χ0) is 24.5. The van der Waals surface area contributed by atoms with Gasteiger partial charge in [-0.25, -0.2) is 17.8 Å². The Bertz CT molecular complexity index is 1460. The van der Waals surface area contributed by atoms with E-state index in [-0.39, 0.29) is 29.5 Å². The van der Waals surface area contributed by atoms with Gasteiger partial charge in [0.2, 0.25) is 16.0 Å². The lowest BCUT2D eigenvalue weighted by molar-refractivity contribution is 0.412. The quantitative estimate of drug-likeness (QED) is 0.346. The number of ether oxygens (including phenoxy) is 1. The number of nitrogens with one attached hydrogen (secondary N) is 3. The van der Waals surface area contributed by atoms with Crippen LogP contribution in [0.1, 0.15) is 11.1 Å². The largest absolute Gasteiger partial charge is 0.496 e. The van der Waals surface area contributed by atoms with Crippen LogP contribution >= 0.6 is 0 Å². The molecule has 12 heteroatoms. The number of hydrogen-bond acceptors (Lipinski definition) is 8. The normalized spacial score (nSPS) is 11.4. The van der Waals surface area contributed by atoms with Gasteiger partial charge in [-0.1, -0.05) is 12.1 Å². The van der Waals surface area contributed by atoms with Gasteiger partial charge < -0.3 is 20.4 Å². The van der Waals surface area contributed by atoms with Crippen LogP contribution in [0.2, 0.25) is 0 Å². The summed E-state index contributed by atoms with van der Waals surface area (Å²) in [6.07, 6.45) is 3.81. The number of hydrogen-bond donors (Lipinski definition) is 3. The molecule has 3 aromatic heterocycles. The highest BCUT2D eigenvalue weighted by atomic mass is 32.2. The molecule has 34 heavy (non-hydrogen) atoms. The fourth-order valence-electron chi connectivity index (χ4n) is 3.46. The molecule has 178 valence electrons. The zero-order valence-corrected chi connectivity index (χ0v) is 19.9. The van der Waals surface area contributed by atoms with Gasteiger partial charge in [0.15, 0.2) is 5.82 Å². The molecule has 0 spiro atoms. The van der Waals surface area contributed by atoms with Crippen LogP contribution in [0.5, 0.6) is 5.75 Å². The van der Waals surface area contributed by atoms with Crippen LogP contribution in [0.15, 0.2) is 42.7 Å². The molecule has 0 unspecified atom stereocenters. The van der Waals surface area contributed by atoms with E-state index >= 15 is 0 Å². The number of H-pyrrole nitrogens is 1. The summed E-state index contributed by atoms with van der Waals surface area (Å²) in [6.45, 7) is 2.05. The Morgan fingerprint density at radius 1 is 1.21 bits per heavy atom. The van der Waals surface area contributed by atoms with E-state index in [0.29, 0.717) is 17.0 Å². The van der Waals surface area contributed by atoms with Gasteiger partial charge in [-0.15, -0.1) is 0 Å². The van der Waals surface area contributed by atoms with Crippen molar-refractivity contribution in [2.45, 2.75) is 13.5 Å². The van der Waals surface area contributed by atoms with Crippen LogP contribution in [0.4, 0.5) is 27.7 Å². The lowest BCUT2D eigenvalue weighted by atomic mass is 10.2. The number of halogens is 1. The second-order valence-corrected chi connectivity index (χ2v) is 9.60. The SMILES string of the molecule is COc1cccc(Nc2nc(NCc3cccnc3N(C)S(C)(=O)=O)c3c(F)c[nH]c3n2)c1C. The van der Waals surface area contributed by atoms with Crippen molar-refractivity contribution in [3.8, 4) is 5.75 Å². The second kappa shape index (κ2) is 9.14. The summed E-state index contributed by atoms with van der Waals surface area (Å²) in [4.78, 5) is 15.9. The molecule has 0 fully saturated rings. The van der Waals surface area contributed by atoms with Gasteiger partial charge in [-0.3, -0.25) is 4.31 Å². The molecule has 0 saturated heterocycles. The number of nitrogens with zero attached hydrogens (tertiary/aromatic N) is 4. The predicted octanol–water partition coefficient (Wildman–Crippen LogP) is 3.56. The highest BCUT2D eigenvalue weighted by Gasteiger charge is 2.19. The molecule has 4 rings (SSSR count). The maximum Gasteiger partial charge on any atom is 0.233 e. The smallest absolute Gasteiger partial charge is 0.233 e. The number of aromatic amines is 1. The number of anilines is 4. The van der Waals surface area contributed by atoms with E-state index in [0.717, 1.165) is 21.8 Å². The van der Waals surface area contributed by atoms with Crippen LogP contribution in [-0.4, -0.2) is 48.8 Å². The Balaban J connectivity index is 1.68. The van der Waals surface area contributed by atoms with Crippen molar-refractivity contribution in [1.29, 1.82) is 0 Å². The Morgan fingerprint density at radius 2 is 2.00 bits per heavy atom. The summed E-state index contributed by atoms with van der Waals surface area (Å²) in [5.74, 6) is 0.940. The summed E-state index contributed by atoms with van der Waals surface area (Å²) in [6, 6.07) is 8.97. The topological polar surface area (TPSA) is 125 Å². The fourth-order valence-corrected chi connectivity index (χ4v) is 3.94. The van der Waals surface area contributed by atoms with Crippen LogP contribution in [0, 0.1) is 12.7 Å². The highest BCUT2D eigenvalue weighted by Crippen LogP contribution is 2.30. The third kappa shape index (κ3) is 4.57. The maximum absolute atomic E-state index is 14.5. The molecule has 0 aliphatic carbocycles. The van der Waals surface area contributed by atoms with E-state index in [1.54, 1.807) is 19.2 Å². The minimum absolute atomic E-state index is 0.150. The van der Waals surface area contributed by atoms with E-state index in [2.05, 4.69) is 30.6 Å². The van der Waals surface area contributed by atoms with Crippen molar-refractivity contribution in [2.24, 2.45) is 0 Å². The fraction of sp³-hybridized carbons (Fsp3) is 0.227. The van der Waals surface area contributed by atoms with Crippen molar-refractivity contribution < 1.29 is 17.5 Å². The Labute approximate surface area is 196 Å². The number of aromatic nitrogens is 4. The number of fused-ring (bicyclic) bond motifs is 1. The maximum atomic E-state index is 14.5. The third-order valence-corrected chi connectivity index (χ3v) is 6.51. The van der Waals surface area contributed by atoms with Crippen molar-refractivity contribution in [1.82, 2.24) is 19.9 Å². The van der Waals surface area contributed by atoms with Crippen molar-refractivity contribution >= 4 is 44.3 Å². The van der Waals surface area contributed by atoms with Crippen LogP contribution in [0.25, 0.3) is 11.0 Å². The molecular weight excluding hydrogens is 461 g/mol. The van der Waals surface area contributed by atoms with Gasteiger partial charge in [-0.05, 0) is 25.1 Å². The molecule has 0 atom stereocenters. The van der Waals surface area contributed by atoms with Gasteiger partial charge in [-0.2, -0.15) is 9.97 Å². The summed E-state index contributed by atoms with van der Waals surface area (Å²) < 4.78 is 45.0. The van der Waals surface area contributed by atoms with E-state index < -0.39 is 15.8 Å². The number of sulfonamides is 1. The van der Waals surface area contributed by atoms with Gasteiger partial charge in [0.25, 0.3) is 0 Å². The lowest BCUT2D eigenvalue weighted by Gasteiger charge is -2.19. The van der Waals surface area contributed by atoms with Gasteiger partial charge in [0, 0.05) is 42.8 Å². The monoisotopic (exact) mass is 485 g/mol. The van der Waals surface area contributed by atoms with E-state index in [4.69, 9.17) is 4.74 Å². The van der Waals surface area contributed by atoms with E-state index in [1.807, 2.05) is 25.1 Å². The van der Waals surface area contributed by atoms with Crippen molar-refractivity contribution in [3.05, 3.63) is 59.7 Å². The standard InChI is InChI=1S/C22H24FN7O3S/c1-13-16(8-5-9-17(13)33-3)27-22-28-19(18-15(23)12-26-20(18)29-22)25-11-14-7-6-10-24-21(14)30(2)34(4,31)32/h5-10,12H,11H2,1-4H3,(H3,25,26,27,28,29). The van der Waals surface area contributed by atoms with Crippen LogP contribution in [-0.2, 0) is 16.6 Å². The zero-order valence-electron chi connectivity index (χ0n) is 19.0. The minimum Gasteiger partial charge on any atom is -0.496 e. The molecule has 0 aliphatic heterocycles. The molecule has 0 amide bonds. The van der Waals surface area contributed by atoms with Crippen molar-refractivity contribution in [2.75, 3.05) is 35.4 Å². The van der Waals surface area contributed by atoms with Gasteiger partial charge >= 0.3 is 0 Å². The average molecular weight is 486 g/mol. The van der Waals surface area contributed by atoms with Crippen LogP contribution < -0.4 is 19.7 Å². The molecular formula is C22H24FN7O3S. The van der Waals surface area contributed by atoms with Gasteiger partial charge in [0.05, 0.1) is 18.8 Å². The Hall–Kier alpha value is -3.93. The molecule has 0 radical (unpaired) electrons. The molecule has 0 aliphatic rings. The Morgan fingerprint density at radius 3 is 2.74 bits per heavy atom. The summed E-state index contributed by atoms with van der Waals surface area (Å²) in [5.41, 5.74) is 2.50. The molecule has 1 aromatic carbocycles. The van der Waals surface area contributed by atoms with E-state index in [9.17, 15) is 12.8 Å². The first kappa shape index (κ1) is 23.2. The highest BCUT2D eigenvalue weighted by molar-refractivity contribution is 7.92. The first-order chi connectivity index (χ1) is 16.2. The molecule has 10 nitrogen and oxygen atoms in total. The molecule has 3 heterocycles. The molecule has 0 bridgehead atoms. The first-order valence-corrected chi connectivity index (χ1v) is 12.1. The summed E-state index contributed by atoms with van der Waals surface area (Å²) in [5, 5.41) is 6.45. The van der Waals surface area contributed by atoms with Crippen LogP contribution in [0.3, 0.4) is 0 Å². The minimum atomic E-state index is -3.51. The summed E-state index contributed by atoms with van der Waals surface area (Å²) in [7, 11) is -0.498. The molecule has 0 saturated carbocycles. The third-order valence-electron chi connectivity index (χ3n) is 5.34. The molecule has 4 aromatic rings.